The summed E-state index contributed by atoms with van der Waals surface area (Å²) in [5.41, 5.74) is 7.32. The van der Waals surface area contributed by atoms with Crippen LogP contribution in [0.4, 0.5) is 0 Å². The molecular weight excluding hydrogens is 238 g/mol. The Morgan fingerprint density at radius 1 is 1.42 bits per heavy atom. The van der Waals surface area contributed by atoms with Crippen LogP contribution in [0.1, 0.15) is 30.8 Å². The molecule has 102 valence electrons. The highest BCUT2D eigenvalue weighted by molar-refractivity contribution is 5.30. The second kappa shape index (κ2) is 6.38. The van der Waals surface area contributed by atoms with Gasteiger partial charge in [-0.05, 0) is 24.1 Å². The van der Waals surface area contributed by atoms with Crippen LogP contribution in [0.25, 0.3) is 0 Å². The minimum atomic E-state index is -0.0636. The van der Waals surface area contributed by atoms with Gasteiger partial charge in [-0.3, -0.25) is 0 Å². The van der Waals surface area contributed by atoms with Crippen LogP contribution in [0.5, 0.6) is 5.75 Å². The molecule has 2 N–H and O–H groups in total. The molecule has 0 amide bonds. The molecule has 0 saturated carbocycles. The van der Waals surface area contributed by atoms with Crippen molar-refractivity contribution in [1.82, 2.24) is 9.55 Å². The lowest BCUT2D eigenvalue weighted by Crippen LogP contribution is -2.15. The summed E-state index contributed by atoms with van der Waals surface area (Å²) in [6, 6.07) is 7.94. The predicted molar refractivity (Wildman–Crippen MR) is 76.1 cm³/mol. The van der Waals surface area contributed by atoms with Crippen LogP contribution in [0.3, 0.4) is 0 Å². The first-order valence-electron chi connectivity index (χ1n) is 6.65. The van der Waals surface area contributed by atoms with Gasteiger partial charge in [0.2, 0.25) is 0 Å². The fourth-order valence-electron chi connectivity index (χ4n) is 1.96. The standard InChI is InChI=1S/C15H21N3O/c1-3-9-19-13-6-4-5-12(10-13)14(16)11-15-17-7-8-18(15)2/h4-8,10,14H,3,9,11,16H2,1-2H3. The summed E-state index contributed by atoms with van der Waals surface area (Å²) in [5, 5.41) is 0. The maximum Gasteiger partial charge on any atom is 0.119 e. The predicted octanol–water partition coefficient (Wildman–Crippen LogP) is 2.45. The van der Waals surface area contributed by atoms with E-state index in [1.165, 1.54) is 0 Å². The number of aryl methyl sites for hydroxylation is 1. The molecule has 0 aliphatic heterocycles. The first-order valence-corrected chi connectivity index (χ1v) is 6.65. The number of imidazole rings is 1. The molecule has 4 nitrogen and oxygen atoms in total. The number of hydrogen-bond acceptors (Lipinski definition) is 3. The van der Waals surface area contributed by atoms with Crippen molar-refractivity contribution in [3.63, 3.8) is 0 Å². The molecule has 1 unspecified atom stereocenters. The molecule has 0 radical (unpaired) electrons. The van der Waals surface area contributed by atoms with Crippen molar-refractivity contribution in [2.45, 2.75) is 25.8 Å². The van der Waals surface area contributed by atoms with E-state index in [0.29, 0.717) is 0 Å². The summed E-state index contributed by atoms with van der Waals surface area (Å²) >= 11 is 0. The highest BCUT2D eigenvalue weighted by atomic mass is 16.5. The van der Waals surface area contributed by atoms with E-state index in [1.807, 2.05) is 42.1 Å². The number of hydrogen-bond donors (Lipinski definition) is 1. The molecule has 0 bridgehead atoms. The van der Waals surface area contributed by atoms with Crippen LogP contribution in [-0.2, 0) is 13.5 Å². The van der Waals surface area contributed by atoms with Crippen molar-refractivity contribution in [2.75, 3.05) is 6.61 Å². The number of benzene rings is 1. The van der Waals surface area contributed by atoms with Crippen LogP contribution < -0.4 is 10.5 Å². The smallest absolute Gasteiger partial charge is 0.119 e. The Kier molecular flexibility index (Phi) is 4.58. The SMILES string of the molecule is CCCOc1cccc(C(N)Cc2nccn2C)c1. The zero-order chi connectivity index (χ0) is 13.7. The monoisotopic (exact) mass is 259 g/mol. The lowest BCUT2D eigenvalue weighted by molar-refractivity contribution is 0.317. The van der Waals surface area contributed by atoms with Gasteiger partial charge in [0.05, 0.1) is 6.61 Å². The Morgan fingerprint density at radius 3 is 2.95 bits per heavy atom. The zero-order valence-corrected chi connectivity index (χ0v) is 11.5. The van der Waals surface area contributed by atoms with E-state index < -0.39 is 0 Å². The van der Waals surface area contributed by atoms with E-state index >= 15 is 0 Å². The molecule has 0 fully saturated rings. The Hall–Kier alpha value is -1.81. The van der Waals surface area contributed by atoms with Gasteiger partial charge in [-0.25, -0.2) is 4.98 Å². The first-order chi connectivity index (χ1) is 9.20. The molecule has 4 heteroatoms. The summed E-state index contributed by atoms with van der Waals surface area (Å²) in [5.74, 6) is 1.88. The zero-order valence-electron chi connectivity index (χ0n) is 11.5. The van der Waals surface area contributed by atoms with E-state index in [4.69, 9.17) is 10.5 Å². The van der Waals surface area contributed by atoms with Crippen LogP contribution in [-0.4, -0.2) is 16.2 Å². The number of aromatic nitrogens is 2. The molecule has 0 aliphatic carbocycles. The molecule has 1 aromatic heterocycles. The summed E-state index contributed by atoms with van der Waals surface area (Å²) in [7, 11) is 1.98. The molecule has 1 aromatic carbocycles. The van der Waals surface area contributed by atoms with Crippen LogP contribution in [0.2, 0.25) is 0 Å². The Morgan fingerprint density at radius 2 is 2.26 bits per heavy atom. The van der Waals surface area contributed by atoms with E-state index in [9.17, 15) is 0 Å². The van der Waals surface area contributed by atoms with E-state index in [-0.39, 0.29) is 6.04 Å². The normalized spacial score (nSPS) is 12.4. The number of rotatable bonds is 6. The van der Waals surface area contributed by atoms with Gasteiger partial charge in [-0.1, -0.05) is 19.1 Å². The third-order valence-electron chi connectivity index (χ3n) is 3.08. The maximum atomic E-state index is 6.24. The highest BCUT2D eigenvalue weighted by Crippen LogP contribution is 2.20. The fourth-order valence-corrected chi connectivity index (χ4v) is 1.96. The van der Waals surface area contributed by atoms with Crippen LogP contribution in [0, 0.1) is 0 Å². The van der Waals surface area contributed by atoms with Crippen molar-refractivity contribution in [3.8, 4) is 5.75 Å². The molecule has 0 spiro atoms. The minimum absolute atomic E-state index is 0.0636. The highest BCUT2D eigenvalue weighted by Gasteiger charge is 2.10. The first kappa shape index (κ1) is 13.6. The van der Waals surface area contributed by atoms with E-state index in [2.05, 4.69) is 11.9 Å². The molecule has 0 saturated heterocycles. The minimum Gasteiger partial charge on any atom is -0.494 e. The van der Waals surface area contributed by atoms with Crippen LogP contribution >= 0.6 is 0 Å². The van der Waals surface area contributed by atoms with E-state index in [1.54, 1.807) is 6.20 Å². The quantitative estimate of drug-likeness (QED) is 0.867. The van der Waals surface area contributed by atoms with Crippen molar-refractivity contribution >= 4 is 0 Å². The Labute approximate surface area is 114 Å². The van der Waals surface area contributed by atoms with Crippen molar-refractivity contribution in [2.24, 2.45) is 12.8 Å². The molecular formula is C15H21N3O. The fraction of sp³-hybridized carbons (Fsp3) is 0.400. The van der Waals surface area contributed by atoms with Gasteiger partial charge >= 0.3 is 0 Å². The third-order valence-corrected chi connectivity index (χ3v) is 3.08. The Bertz CT molecular complexity index is 522. The maximum absolute atomic E-state index is 6.24. The summed E-state index contributed by atoms with van der Waals surface area (Å²) in [4.78, 5) is 4.30. The topological polar surface area (TPSA) is 53.1 Å². The summed E-state index contributed by atoms with van der Waals surface area (Å²) < 4.78 is 7.63. The summed E-state index contributed by atoms with van der Waals surface area (Å²) in [6.45, 7) is 2.83. The van der Waals surface area contributed by atoms with Crippen molar-refractivity contribution in [3.05, 3.63) is 48.0 Å². The molecule has 1 atom stereocenters. The van der Waals surface area contributed by atoms with E-state index in [0.717, 1.165) is 36.6 Å². The second-order valence-electron chi connectivity index (χ2n) is 4.69. The average Bonchev–Trinajstić information content (AvgIpc) is 2.82. The van der Waals surface area contributed by atoms with Gasteiger partial charge < -0.3 is 15.0 Å². The largest absolute Gasteiger partial charge is 0.494 e. The number of ether oxygens (including phenoxy) is 1. The second-order valence-corrected chi connectivity index (χ2v) is 4.69. The van der Waals surface area contributed by atoms with Gasteiger partial charge in [-0.2, -0.15) is 0 Å². The van der Waals surface area contributed by atoms with Gasteiger partial charge in [-0.15, -0.1) is 0 Å². The molecule has 2 rings (SSSR count). The van der Waals surface area contributed by atoms with Gasteiger partial charge in [0.1, 0.15) is 11.6 Å². The molecule has 2 aromatic rings. The lowest BCUT2D eigenvalue weighted by atomic mass is 10.0. The number of nitrogens with two attached hydrogens (primary N) is 1. The molecule has 19 heavy (non-hydrogen) atoms. The van der Waals surface area contributed by atoms with Crippen molar-refractivity contribution < 1.29 is 4.74 Å². The van der Waals surface area contributed by atoms with Gasteiger partial charge in [0.25, 0.3) is 0 Å². The van der Waals surface area contributed by atoms with Crippen LogP contribution in [0.15, 0.2) is 36.7 Å². The lowest BCUT2D eigenvalue weighted by Gasteiger charge is -2.13. The average molecular weight is 259 g/mol. The van der Waals surface area contributed by atoms with Gasteiger partial charge in [0, 0.05) is 31.9 Å². The molecule has 0 aliphatic rings. The van der Waals surface area contributed by atoms with Crippen molar-refractivity contribution in [1.29, 1.82) is 0 Å². The third kappa shape index (κ3) is 3.58. The molecule has 1 heterocycles. The van der Waals surface area contributed by atoms with Gasteiger partial charge in [0.15, 0.2) is 0 Å². The summed E-state index contributed by atoms with van der Waals surface area (Å²) in [6.07, 6.45) is 5.45. The Balaban J connectivity index is 2.06. The number of nitrogens with zero attached hydrogens (tertiary/aromatic N) is 2.